The van der Waals surface area contributed by atoms with Crippen LogP contribution in [0.4, 0.5) is 5.95 Å². The Labute approximate surface area is 131 Å². The van der Waals surface area contributed by atoms with Crippen molar-refractivity contribution in [2.75, 3.05) is 5.32 Å². The smallest absolute Gasteiger partial charge is 0.249 e. The second kappa shape index (κ2) is 6.10. The van der Waals surface area contributed by atoms with Crippen molar-refractivity contribution in [3.63, 3.8) is 0 Å². The fraction of sp³-hybridized carbons (Fsp3) is 0.286. The Morgan fingerprint density at radius 3 is 2.95 bits per heavy atom. The molecule has 0 atom stereocenters. The van der Waals surface area contributed by atoms with Gasteiger partial charge in [0.15, 0.2) is 5.82 Å². The van der Waals surface area contributed by atoms with Crippen LogP contribution >= 0.6 is 11.3 Å². The topological polar surface area (TPSA) is 88.5 Å². The van der Waals surface area contributed by atoms with Crippen molar-refractivity contribution in [2.45, 2.75) is 26.8 Å². The number of hydrogen-bond donors (Lipinski definition) is 2. The van der Waals surface area contributed by atoms with E-state index < -0.39 is 0 Å². The number of rotatable bonds is 5. The Balaban J connectivity index is 1.56. The number of aromatic nitrogens is 5. The number of hydrogen-bond acceptors (Lipinski definition) is 5. The number of carbonyl (C=O) groups is 1. The number of nitrogens with one attached hydrogen (secondary N) is 2. The van der Waals surface area contributed by atoms with Gasteiger partial charge in [0, 0.05) is 24.0 Å². The van der Waals surface area contributed by atoms with Crippen LogP contribution in [-0.2, 0) is 11.3 Å². The fourth-order valence-corrected chi connectivity index (χ4v) is 2.79. The summed E-state index contributed by atoms with van der Waals surface area (Å²) in [7, 11) is 0. The molecule has 0 spiro atoms. The third-order valence-corrected chi connectivity index (χ3v) is 4.05. The molecule has 0 aliphatic rings. The molecule has 8 heteroatoms. The lowest BCUT2D eigenvalue weighted by Crippen LogP contribution is -2.15. The van der Waals surface area contributed by atoms with Gasteiger partial charge in [0.05, 0.1) is 11.1 Å². The van der Waals surface area contributed by atoms with Crippen LogP contribution in [0.1, 0.15) is 16.9 Å². The van der Waals surface area contributed by atoms with E-state index in [2.05, 4.69) is 25.6 Å². The molecular formula is C14H16N6OS. The molecule has 0 bridgehead atoms. The maximum Gasteiger partial charge on any atom is 0.249 e. The van der Waals surface area contributed by atoms with Crippen molar-refractivity contribution in [1.82, 2.24) is 25.0 Å². The van der Waals surface area contributed by atoms with Gasteiger partial charge in [-0.1, -0.05) is 0 Å². The number of nitrogens with zero attached hydrogens (tertiary/aromatic N) is 4. The van der Waals surface area contributed by atoms with E-state index in [1.807, 2.05) is 32.2 Å². The highest BCUT2D eigenvalue weighted by molar-refractivity contribution is 7.15. The van der Waals surface area contributed by atoms with Crippen LogP contribution < -0.4 is 5.32 Å². The number of aryl methyl sites for hydroxylation is 3. The number of aromatic amines is 1. The van der Waals surface area contributed by atoms with Crippen molar-refractivity contribution in [2.24, 2.45) is 0 Å². The maximum atomic E-state index is 11.9. The van der Waals surface area contributed by atoms with E-state index >= 15 is 0 Å². The molecule has 0 aromatic carbocycles. The predicted octanol–water partition coefficient (Wildman–Crippen LogP) is 2.38. The molecule has 0 aliphatic carbocycles. The van der Waals surface area contributed by atoms with Gasteiger partial charge in [-0.3, -0.25) is 19.9 Å². The number of amides is 1. The monoisotopic (exact) mass is 316 g/mol. The summed E-state index contributed by atoms with van der Waals surface area (Å²) >= 11 is 1.62. The molecule has 3 rings (SSSR count). The SMILES string of the molecule is Cc1cnn(CCC(=O)Nc2n[nH]c(-c3ccc(C)s3)n2)c1. The summed E-state index contributed by atoms with van der Waals surface area (Å²) in [5.41, 5.74) is 1.07. The molecule has 3 aromatic heterocycles. The van der Waals surface area contributed by atoms with Crippen molar-refractivity contribution in [1.29, 1.82) is 0 Å². The van der Waals surface area contributed by atoms with Gasteiger partial charge >= 0.3 is 0 Å². The minimum atomic E-state index is -0.138. The van der Waals surface area contributed by atoms with Crippen molar-refractivity contribution >= 4 is 23.2 Å². The highest BCUT2D eigenvalue weighted by Crippen LogP contribution is 2.24. The van der Waals surface area contributed by atoms with Gasteiger partial charge in [-0.15, -0.1) is 16.4 Å². The lowest BCUT2D eigenvalue weighted by molar-refractivity contribution is -0.116. The summed E-state index contributed by atoms with van der Waals surface area (Å²) in [6, 6.07) is 4.00. The summed E-state index contributed by atoms with van der Waals surface area (Å²) in [5, 5.41) is 13.7. The molecule has 0 radical (unpaired) electrons. The van der Waals surface area contributed by atoms with Crippen LogP contribution in [0, 0.1) is 13.8 Å². The summed E-state index contributed by atoms with van der Waals surface area (Å²) in [5.74, 6) is 0.819. The van der Waals surface area contributed by atoms with Crippen LogP contribution in [0.2, 0.25) is 0 Å². The fourth-order valence-electron chi connectivity index (χ4n) is 1.98. The van der Waals surface area contributed by atoms with Gasteiger partial charge < -0.3 is 0 Å². The van der Waals surface area contributed by atoms with Gasteiger partial charge in [0.2, 0.25) is 11.9 Å². The molecule has 0 saturated heterocycles. The molecule has 0 saturated carbocycles. The second-order valence-corrected chi connectivity index (χ2v) is 6.28. The molecule has 0 unspecified atom stereocenters. The molecule has 7 nitrogen and oxygen atoms in total. The van der Waals surface area contributed by atoms with Crippen molar-refractivity contribution in [3.8, 4) is 10.7 Å². The molecule has 3 heterocycles. The van der Waals surface area contributed by atoms with Crippen molar-refractivity contribution < 1.29 is 4.79 Å². The van der Waals surface area contributed by atoms with Crippen molar-refractivity contribution in [3.05, 3.63) is 35.0 Å². The Hall–Kier alpha value is -2.48. The lowest BCUT2D eigenvalue weighted by atomic mass is 10.4. The molecule has 0 aliphatic heterocycles. The average molecular weight is 316 g/mol. The van der Waals surface area contributed by atoms with Crippen LogP contribution in [0.25, 0.3) is 10.7 Å². The zero-order valence-electron chi connectivity index (χ0n) is 12.3. The summed E-state index contributed by atoms with van der Waals surface area (Å²) in [6.07, 6.45) is 3.99. The first-order valence-electron chi connectivity index (χ1n) is 6.88. The Bertz CT molecular complexity index is 787. The Morgan fingerprint density at radius 1 is 1.41 bits per heavy atom. The average Bonchev–Trinajstić information content (AvgIpc) is 3.18. The van der Waals surface area contributed by atoms with E-state index in [9.17, 15) is 4.79 Å². The van der Waals surface area contributed by atoms with E-state index in [0.29, 0.717) is 24.7 Å². The first-order valence-corrected chi connectivity index (χ1v) is 7.70. The van der Waals surface area contributed by atoms with E-state index in [0.717, 1.165) is 10.4 Å². The Kier molecular flexibility index (Phi) is 4.01. The maximum absolute atomic E-state index is 11.9. The Morgan fingerprint density at radius 2 is 2.27 bits per heavy atom. The largest absolute Gasteiger partial charge is 0.293 e. The lowest BCUT2D eigenvalue weighted by Gasteiger charge is -2.01. The first-order chi connectivity index (χ1) is 10.6. The molecule has 114 valence electrons. The van der Waals surface area contributed by atoms with E-state index in [1.165, 1.54) is 4.88 Å². The molecule has 1 amide bonds. The zero-order chi connectivity index (χ0) is 15.5. The van der Waals surface area contributed by atoms with E-state index in [1.54, 1.807) is 22.2 Å². The number of anilines is 1. The van der Waals surface area contributed by atoms with Gasteiger partial charge in [-0.2, -0.15) is 10.1 Å². The van der Waals surface area contributed by atoms with Crippen LogP contribution in [0.15, 0.2) is 24.5 Å². The highest BCUT2D eigenvalue weighted by Gasteiger charge is 2.10. The highest BCUT2D eigenvalue weighted by atomic mass is 32.1. The normalized spacial score (nSPS) is 10.8. The molecular weight excluding hydrogens is 300 g/mol. The second-order valence-electron chi connectivity index (χ2n) is 5.00. The van der Waals surface area contributed by atoms with Crippen LogP contribution in [-0.4, -0.2) is 30.9 Å². The van der Waals surface area contributed by atoms with Gasteiger partial charge in [-0.25, -0.2) is 0 Å². The van der Waals surface area contributed by atoms with E-state index in [4.69, 9.17) is 0 Å². The minimum absolute atomic E-state index is 0.138. The predicted molar refractivity (Wildman–Crippen MR) is 84.6 cm³/mol. The molecule has 2 N–H and O–H groups in total. The standard InChI is InChI=1S/C14H16N6OS/c1-9-7-15-20(8-9)6-5-12(21)16-14-17-13(18-19-14)11-4-3-10(2)22-11/h3-4,7-8H,5-6H2,1-2H3,(H2,16,17,18,19,21). The first kappa shape index (κ1) is 14.5. The number of H-pyrrole nitrogens is 1. The third kappa shape index (κ3) is 3.40. The third-order valence-electron chi connectivity index (χ3n) is 3.04. The number of thiophene rings is 1. The minimum Gasteiger partial charge on any atom is -0.293 e. The van der Waals surface area contributed by atoms with Gasteiger partial charge in [0.25, 0.3) is 0 Å². The van der Waals surface area contributed by atoms with Crippen LogP contribution in [0.5, 0.6) is 0 Å². The molecule has 22 heavy (non-hydrogen) atoms. The van der Waals surface area contributed by atoms with E-state index in [-0.39, 0.29) is 5.91 Å². The van der Waals surface area contributed by atoms with Gasteiger partial charge in [0.1, 0.15) is 0 Å². The quantitative estimate of drug-likeness (QED) is 0.756. The van der Waals surface area contributed by atoms with Crippen LogP contribution in [0.3, 0.4) is 0 Å². The summed E-state index contributed by atoms with van der Waals surface area (Å²) in [4.78, 5) is 18.4. The zero-order valence-corrected chi connectivity index (χ0v) is 13.1. The molecule has 3 aromatic rings. The van der Waals surface area contributed by atoms with Gasteiger partial charge in [-0.05, 0) is 31.5 Å². The number of carbonyl (C=O) groups excluding carboxylic acids is 1. The summed E-state index contributed by atoms with van der Waals surface area (Å²) < 4.78 is 1.74. The summed E-state index contributed by atoms with van der Waals surface area (Å²) in [6.45, 7) is 4.52. The molecule has 0 fully saturated rings.